The van der Waals surface area contributed by atoms with Crippen molar-refractivity contribution in [3.63, 3.8) is 0 Å². The van der Waals surface area contributed by atoms with E-state index < -0.39 is 23.6 Å². The summed E-state index contributed by atoms with van der Waals surface area (Å²) in [5, 5.41) is 4.68. The Bertz CT molecular complexity index is 1260. The summed E-state index contributed by atoms with van der Waals surface area (Å²) in [4.78, 5) is 15.7. The summed E-state index contributed by atoms with van der Waals surface area (Å²) < 4.78 is 35.2. The van der Waals surface area contributed by atoms with Crippen LogP contribution in [0.15, 0.2) is 54.9 Å². The summed E-state index contributed by atoms with van der Waals surface area (Å²) in [6.45, 7) is 1.67. The molecule has 0 spiro atoms. The number of pyridine rings is 1. The van der Waals surface area contributed by atoms with Gasteiger partial charge in [-0.1, -0.05) is 0 Å². The average Bonchev–Trinajstić information content (AvgIpc) is 3.24. The first-order valence-corrected chi connectivity index (χ1v) is 8.99. The van der Waals surface area contributed by atoms with Gasteiger partial charge in [-0.2, -0.15) is 5.10 Å². The number of nitrogen functional groups attached to an aromatic ring is 1. The maximum absolute atomic E-state index is 14.0. The van der Waals surface area contributed by atoms with Crippen LogP contribution < -0.4 is 16.2 Å². The summed E-state index contributed by atoms with van der Waals surface area (Å²) >= 11 is 0. The van der Waals surface area contributed by atoms with E-state index in [4.69, 9.17) is 16.2 Å². The molecule has 2 aromatic carbocycles. The van der Waals surface area contributed by atoms with E-state index in [0.29, 0.717) is 27.7 Å². The fourth-order valence-electron chi connectivity index (χ4n) is 3.16. The van der Waals surface area contributed by atoms with Crippen molar-refractivity contribution < 1.29 is 18.3 Å². The van der Waals surface area contributed by atoms with Crippen LogP contribution in [0, 0.1) is 11.6 Å². The van der Waals surface area contributed by atoms with E-state index >= 15 is 0 Å². The van der Waals surface area contributed by atoms with Gasteiger partial charge in [-0.3, -0.25) is 4.79 Å². The lowest BCUT2D eigenvalue weighted by atomic mass is 10.1. The number of nitrogens with zero attached hydrogens (tertiary/aromatic N) is 3. The number of primary amides is 1. The molecule has 0 saturated carbocycles. The van der Waals surface area contributed by atoms with Crippen LogP contribution in [0.2, 0.25) is 0 Å². The predicted molar refractivity (Wildman–Crippen MR) is 107 cm³/mol. The van der Waals surface area contributed by atoms with Crippen molar-refractivity contribution in [3.8, 4) is 11.4 Å². The maximum Gasteiger partial charge on any atom is 0.248 e. The summed E-state index contributed by atoms with van der Waals surface area (Å²) in [7, 11) is 0. The topological polar surface area (TPSA) is 109 Å². The average molecular weight is 409 g/mol. The minimum Gasteiger partial charge on any atom is -0.482 e. The highest BCUT2D eigenvalue weighted by atomic mass is 19.2. The quantitative estimate of drug-likeness (QED) is 0.524. The van der Waals surface area contributed by atoms with Gasteiger partial charge in [0.15, 0.2) is 23.2 Å². The van der Waals surface area contributed by atoms with Crippen molar-refractivity contribution in [1.29, 1.82) is 0 Å². The number of carbonyl (C=O) groups is 1. The summed E-state index contributed by atoms with van der Waals surface area (Å²) in [6, 6.07) is 10.2. The third kappa shape index (κ3) is 3.52. The van der Waals surface area contributed by atoms with Gasteiger partial charge in [0.05, 0.1) is 11.2 Å². The molecule has 2 aromatic heterocycles. The van der Waals surface area contributed by atoms with Crippen molar-refractivity contribution in [1.82, 2.24) is 14.8 Å². The molecule has 0 saturated heterocycles. The van der Waals surface area contributed by atoms with Crippen LogP contribution in [0.1, 0.15) is 28.9 Å². The second kappa shape index (κ2) is 7.43. The number of nitrogens with two attached hydrogens (primary N) is 2. The number of hydrogen-bond donors (Lipinski definition) is 2. The Morgan fingerprint density at radius 3 is 2.63 bits per heavy atom. The Morgan fingerprint density at radius 1 is 1.17 bits per heavy atom. The van der Waals surface area contributed by atoms with Crippen molar-refractivity contribution in [2.24, 2.45) is 5.73 Å². The molecular weight excluding hydrogens is 392 g/mol. The zero-order valence-electron chi connectivity index (χ0n) is 15.8. The number of fused-ring (bicyclic) bond motifs is 1. The van der Waals surface area contributed by atoms with Crippen molar-refractivity contribution >= 4 is 22.6 Å². The molecule has 1 atom stereocenters. The molecule has 0 radical (unpaired) electrons. The van der Waals surface area contributed by atoms with Crippen LogP contribution >= 0.6 is 0 Å². The molecule has 0 bridgehead atoms. The minimum atomic E-state index is -1.01. The Kier molecular flexibility index (Phi) is 4.78. The van der Waals surface area contributed by atoms with Crippen LogP contribution in [-0.2, 0) is 0 Å². The third-order valence-corrected chi connectivity index (χ3v) is 4.65. The maximum atomic E-state index is 14.0. The molecule has 152 valence electrons. The number of carbonyl (C=O) groups excluding carboxylic acids is 1. The van der Waals surface area contributed by atoms with E-state index in [2.05, 4.69) is 10.1 Å². The molecule has 0 aliphatic rings. The number of hydrogen-bond acceptors (Lipinski definition) is 5. The fraction of sp³-hybridized carbons (Fsp3) is 0.0952. The van der Waals surface area contributed by atoms with E-state index in [1.807, 2.05) is 0 Å². The molecular formula is C21H17F2N5O2. The first-order valence-electron chi connectivity index (χ1n) is 8.99. The van der Waals surface area contributed by atoms with Crippen molar-refractivity contribution in [3.05, 3.63) is 77.6 Å². The largest absolute Gasteiger partial charge is 0.482 e. The number of aromatic nitrogens is 3. The van der Waals surface area contributed by atoms with E-state index in [-0.39, 0.29) is 11.6 Å². The van der Waals surface area contributed by atoms with Crippen LogP contribution in [0.3, 0.4) is 0 Å². The summed E-state index contributed by atoms with van der Waals surface area (Å²) in [6.07, 6.45) is 2.42. The number of amides is 1. The van der Waals surface area contributed by atoms with Gasteiger partial charge in [0.25, 0.3) is 0 Å². The van der Waals surface area contributed by atoms with Gasteiger partial charge in [0, 0.05) is 35.0 Å². The SMILES string of the molecule is C[C@H](Oc1cc2cc(C(N)=O)ccc2nc1N)c1cc(F)c(F)cc1-n1cccn1. The van der Waals surface area contributed by atoms with E-state index in [0.717, 1.165) is 12.1 Å². The van der Waals surface area contributed by atoms with Crippen molar-refractivity contribution in [2.75, 3.05) is 5.73 Å². The molecule has 4 rings (SSSR count). The Morgan fingerprint density at radius 2 is 1.93 bits per heavy atom. The normalized spacial score (nSPS) is 12.1. The van der Waals surface area contributed by atoms with E-state index in [1.165, 1.54) is 10.9 Å². The van der Waals surface area contributed by atoms with Gasteiger partial charge in [-0.15, -0.1) is 0 Å². The molecule has 4 N–H and O–H groups in total. The zero-order chi connectivity index (χ0) is 21.4. The lowest BCUT2D eigenvalue weighted by Crippen LogP contribution is -2.12. The molecule has 2 heterocycles. The number of benzene rings is 2. The highest BCUT2D eigenvalue weighted by Crippen LogP contribution is 2.32. The second-order valence-corrected chi connectivity index (χ2v) is 6.68. The monoisotopic (exact) mass is 409 g/mol. The zero-order valence-corrected chi connectivity index (χ0v) is 15.8. The molecule has 30 heavy (non-hydrogen) atoms. The Hall–Kier alpha value is -4.01. The molecule has 9 heteroatoms. The highest BCUT2D eigenvalue weighted by molar-refractivity contribution is 5.97. The van der Waals surface area contributed by atoms with Gasteiger partial charge in [-0.25, -0.2) is 18.4 Å². The first-order chi connectivity index (χ1) is 14.3. The minimum absolute atomic E-state index is 0.115. The predicted octanol–water partition coefficient (Wildman–Crippen LogP) is 3.52. The van der Waals surface area contributed by atoms with E-state index in [9.17, 15) is 13.6 Å². The standard InChI is InChI=1S/C21H17F2N5O2/c1-11(14-9-15(22)16(23)10-18(14)28-6-2-5-26-28)30-19-8-13-7-12(21(25)29)3-4-17(13)27-20(19)24/h2-11H,1H3,(H2,24,27)(H2,25,29)/t11-/m0/s1. The Labute approximate surface area is 169 Å². The van der Waals surface area contributed by atoms with Gasteiger partial charge in [0.2, 0.25) is 5.91 Å². The fourth-order valence-corrected chi connectivity index (χ4v) is 3.16. The van der Waals surface area contributed by atoms with E-state index in [1.54, 1.807) is 43.5 Å². The molecule has 0 aliphatic heterocycles. The molecule has 1 amide bonds. The number of anilines is 1. The van der Waals surface area contributed by atoms with Gasteiger partial charge >= 0.3 is 0 Å². The number of halogens is 2. The number of ether oxygens (including phenoxy) is 1. The van der Waals surface area contributed by atoms with Crippen LogP contribution in [-0.4, -0.2) is 20.7 Å². The number of rotatable bonds is 5. The molecule has 0 aliphatic carbocycles. The molecule has 0 unspecified atom stereocenters. The van der Waals surface area contributed by atoms with Crippen LogP contribution in [0.5, 0.6) is 5.75 Å². The summed E-state index contributed by atoms with van der Waals surface area (Å²) in [5.41, 5.74) is 12.9. The Balaban J connectivity index is 1.74. The van der Waals surface area contributed by atoms with Crippen molar-refractivity contribution in [2.45, 2.75) is 13.0 Å². The lowest BCUT2D eigenvalue weighted by Gasteiger charge is -2.20. The first kappa shape index (κ1) is 19.3. The van der Waals surface area contributed by atoms with Gasteiger partial charge in [0.1, 0.15) is 6.10 Å². The lowest BCUT2D eigenvalue weighted by molar-refractivity contribution is 0.100. The molecule has 4 aromatic rings. The summed E-state index contributed by atoms with van der Waals surface area (Å²) in [5.74, 6) is -2.23. The molecule has 7 nitrogen and oxygen atoms in total. The highest BCUT2D eigenvalue weighted by Gasteiger charge is 2.20. The van der Waals surface area contributed by atoms with Gasteiger partial charge < -0.3 is 16.2 Å². The smallest absolute Gasteiger partial charge is 0.248 e. The van der Waals surface area contributed by atoms with Crippen LogP contribution in [0.25, 0.3) is 16.6 Å². The molecule has 0 fully saturated rings. The third-order valence-electron chi connectivity index (χ3n) is 4.65. The van der Waals surface area contributed by atoms with Gasteiger partial charge in [-0.05, 0) is 43.3 Å². The second-order valence-electron chi connectivity index (χ2n) is 6.68. The van der Waals surface area contributed by atoms with Crippen LogP contribution in [0.4, 0.5) is 14.6 Å².